The average molecular weight is 230 g/mol. The van der Waals surface area contributed by atoms with Gasteiger partial charge in [0.15, 0.2) is 0 Å². The lowest BCUT2D eigenvalue weighted by molar-refractivity contribution is 1.08. The Labute approximate surface area is 99.3 Å². The predicted octanol–water partition coefficient (Wildman–Crippen LogP) is 1.11. The number of anilines is 4. The highest BCUT2D eigenvalue weighted by molar-refractivity contribution is 5.62. The number of benzene rings is 1. The molecule has 0 amide bonds. The molecule has 6 nitrogen and oxygen atoms in total. The largest absolute Gasteiger partial charge is 0.368 e. The van der Waals surface area contributed by atoms with Crippen LogP contribution in [0.5, 0.6) is 0 Å². The maximum Gasteiger partial charge on any atom is 0.224 e. The van der Waals surface area contributed by atoms with Gasteiger partial charge in [-0.05, 0) is 12.1 Å². The third kappa shape index (κ3) is 2.43. The van der Waals surface area contributed by atoms with Crippen molar-refractivity contribution in [3.63, 3.8) is 0 Å². The highest BCUT2D eigenvalue weighted by Gasteiger charge is 2.07. The fourth-order valence-electron chi connectivity index (χ4n) is 1.48. The second-order valence-electron chi connectivity index (χ2n) is 3.51. The van der Waals surface area contributed by atoms with Crippen molar-refractivity contribution in [3.8, 4) is 0 Å². The summed E-state index contributed by atoms with van der Waals surface area (Å²) in [6.45, 7) is 0. The molecule has 17 heavy (non-hydrogen) atoms. The number of para-hydroxylation sites is 1. The van der Waals surface area contributed by atoms with E-state index in [0.717, 1.165) is 5.69 Å². The van der Waals surface area contributed by atoms with Crippen molar-refractivity contribution in [1.29, 1.82) is 0 Å². The minimum Gasteiger partial charge on any atom is -0.368 e. The summed E-state index contributed by atoms with van der Waals surface area (Å²) < 4.78 is 0. The molecule has 1 aromatic heterocycles. The van der Waals surface area contributed by atoms with Gasteiger partial charge in [0, 0.05) is 18.8 Å². The van der Waals surface area contributed by atoms with Crippen molar-refractivity contribution in [3.05, 3.63) is 36.4 Å². The topological polar surface area (TPSA) is 93.1 Å². The summed E-state index contributed by atoms with van der Waals surface area (Å²) in [6.07, 6.45) is 0. The summed E-state index contributed by atoms with van der Waals surface area (Å²) in [4.78, 5) is 9.99. The minimum absolute atomic E-state index is 0.179. The summed E-state index contributed by atoms with van der Waals surface area (Å²) in [5, 5.41) is 0. The Morgan fingerprint density at radius 1 is 1.18 bits per heavy atom. The average Bonchev–Trinajstić information content (AvgIpc) is 2.38. The molecule has 0 fully saturated rings. The lowest BCUT2D eigenvalue weighted by Gasteiger charge is -2.18. The van der Waals surface area contributed by atoms with Gasteiger partial charge >= 0.3 is 0 Å². The Bertz CT molecular complexity index is 499. The van der Waals surface area contributed by atoms with Crippen molar-refractivity contribution < 1.29 is 0 Å². The van der Waals surface area contributed by atoms with Crippen LogP contribution in [-0.4, -0.2) is 17.0 Å². The van der Waals surface area contributed by atoms with E-state index in [9.17, 15) is 0 Å². The Kier molecular flexibility index (Phi) is 3.06. The van der Waals surface area contributed by atoms with Gasteiger partial charge in [-0.1, -0.05) is 18.2 Å². The molecule has 0 aliphatic carbocycles. The van der Waals surface area contributed by atoms with Crippen molar-refractivity contribution in [2.45, 2.75) is 0 Å². The highest BCUT2D eigenvalue weighted by Crippen LogP contribution is 2.23. The first-order chi connectivity index (χ1) is 8.20. The number of rotatable bonds is 3. The van der Waals surface area contributed by atoms with Crippen molar-refractivity contribution in [2.75, 3.05) is 23.1 Å². The SMILES string of the molecule is CN(c1ccccc1)c1cc(NN)nc(N)n1. The molecule has 5 N–H and O–H groups in total. The zero-order valence-electron chi connectivity index (χ0n) is 9.46. The smallest absolute Gasteiger partial charge is 0.224 e. The van der Waals surface area contributed by atoms with Crippen LogP contribution in [0.3, 0.4) is 0 Å². The molecule has 2 rings (SSSR count). The number of hydrogen-bond donors (Lipinski definition) is 3. The quantitative estimate of drug-likeness (QED) is 0.540. The molecule has 2 aromatic rings. The molecular weight excluding hydrogens is 216 g/mol. The van der Waals surface area contributed by atoms with E-state index in [1.165, 1.54) is 0 Å². The number of nitrogens with two attached hydrogens (primary N) is 2. The Balaban J connectivity index is 2.37. The van der Waals surface area contributed by atoms with E-state index in [4.69, 9.17) is 11.6 Å². The van der Waals surface area contributed by atoms with Gasteiger partial charge in [-0.3, -0.25) is 0 Å². The molecule has 0 atom stereocenters. The lowest BCUT2D eigenvalue weighted by atomic mass is 10.3. The molecule has 0 aliphatic heterocycles. The molecule has 0 saturated carbocycles. The predicted molar refractivity (Wildman–Crippen MR) is 68.8 cm³/mol. The van der Waals surface area contributed by atoms with Gasteiger partial charge in [-0.2, -0.15) is 9.97 Å². The second-order valence-corrected chi connectivity index (χ2v) is 3.51. The summed E-state index contributed by atoms with van der Waals surface area (Å²) in [5.41, 5.74) is 9.07. The molecule has 0 aliphatic rings. The van der Waals surface area contributed by atoms with E-state index in [0.29, 0.717) is 11.6 Å². The van der Waals surface area contributed by atoms with E-state index in [1.54, 1.807) is 6.07 Å². The number of nitrogens with zero attached hydrogens (tertiary/aromatic N) is 3. The van der Waals surface area contributed by atoms with Crippen molar-refractivity contribution >= 4 is 23.3 Å². The standard InChI is InChI=1S/C11H14N6/c1-17(8-5-3-2-4-6-8)10-7-9(16-13)14-11(12)15-10/h2-7H,13H2,1H3,(H3,12,14,15,16). The van der Waals surface area contributed by atoms with Gasteiger partial charge in [0.25, 0.3) is 0 Å². The molecular formula is C11H14N6. The molecule has 0 radical (unpaired) electrons. The molecule has 1 heterocycles. The minimum atomic E-state index is 0.179. The third-order valence-corrected chi connectivity index (χ3v) is 2.36. The second kappa shape index (κ2) is 4.67. The summed E-state index contributed by atoms with van der Waals surface area (Å²) >= 11 is 0. The van der Waals surface area contributed by atoms with Crippen LogP contribution in [0.2, 0.25) is 0 Å². The molecule has 0 bridgehead atoms. The number of aromatic nitrogens is 2. The normalized spacial score (nSPS) is 10.0. The van der Waals surface area contributed by atoms with Crippen molar-refractivity contribution in [1.82, 2.24) is 9.97 Å². The van der Waals surface area contributed by atoms with Crippen LogP contribution in [0, 0.1) is 0 Å². The summed E-state index contributed by atoms with van der Waals surface area (Å²) in [6, 6.07) is 11.6. The third-order valence-electron chi connectivity index (χ3n) is 2.36. The Hall–Kier alpha value is -2.34. The maximum atomic E-state index is 5.61. The molecule has 0 spiro atoms. The van der Waals surface area contributed by atoms with Gasteiger partial charge in [0.2, 0.25) is 5.95 Å². The van der Waals surface area contributed by atoms with E-state index < -0.39 is 0 Å². The fraction of sp³-hybridized carbons (Fsp3) is 0.0909. The highest BCUT2D eigenvalue weighted by atomic mass is 15.3. The molecule has 6 heteroatoms. The van der Waals surface area contributed by atoms with Crippen LogP contribution < -0.4 is 21.9 Å². The van der Waals surface area contributed by atoms with Crippen LogP contribution in [0.4, 0.5) is 23.3 Å². The summed E-state index contributed by atoms with van der Waals surface area (Å²) in [5.74, 6) is 6.65. The van der Waals surface area contributed by atoms with Gasteiger partial charge in [0.1, 0.15) is 11.6 Å². The first kappa shape index (κ1) is 11.2. The van der Waals surface area contributed by atoms with E-state index >= 15 is 0 Å². The number of nitrogen functional groups attached to an aromatic ring is 2. The van der Waals surface area contributed by atoms with Crippen LogP contribution in [0.25, 0.3) is 0 Å². The van der Waals surface area contributed by atoms with E-state index in [1.807, 2.05) is 42.3 Å². The van der Waals surface area contributed by atoms with E-state index in [2.05, 4.69) is 15.4 Å². The maximum absolute atomic E-state index is 5.61. The van der Waals surface area contributed by atoms with Gasteiger partial charge in [-0.25, -0.2) is 5.84 Å². The van der Waals surface area contributed by atoms with Crippen LogP contribution in [0.15, 0.2) is 36.4 Å². The monoisotopic (exact) mass is 230 g/mol. The zero-order valence-corrected chi connectivity index (χ0v) is 9.46. The molecule has 0 unspecified atom stereocenters. The first-order valence-corrected chi connectivity index (χ1v) is 5.10. The van der Waals surface area contributed by atoms with Crippen LogP contribution >= 0.6 is 0 Å². The molecule has 1 aromatic carbocycles. The van der Waals surface area contributed by atoms with Crippen LogP contribution in [-0.2, 0) is 0 Å². The molecule has 0 saturated heterocycles. The Morgan fingerprint density at radius 2 is 1.88 bits per heavy atom. The molecule has 88 valence electrons. The zero-order chi connectivity index (χ0) is 12.3. The number of nitrogens with one attached hydrogen (secondary N) is 1. The van der Waals surface area contributed by atoms with Gasteiger partial charge < -0.3 is 16.1 Å². The van der Waals surface area contributed by atoms with Gasteiger partial charge in [-0.15, -0.1) is 0 Å². The number of hydrogen-bond acceptors (Lipinski definition) is 6. The fourth-order valence-corrected chi connectivity index (χ4v) is 1.48. The lowest BCUT2D eigenvalue weighted by Crippen LogP contribution is -2.15. The van der Waals surface area contributed by atoms with Crippen LogP contribution in [0.1, 0.15) is 0 Å². The first-order valence-electron chi connectivity index (χ1n) is 5.10. The Morgan fingerprint density at radius 3 is 2.53 bits per heavy atom. The van der Waals surface area contributed by atoms with Crippen molar-refractivity contribution in [2.24, 2.45) is 5.84 Å². The summed E-state index contributed by atoms with van der Waals surface area (Å²) in [7, 11) is 1.90. The van der Waals surface area contributed by atoms with E-state index in [-0.39, 0.29) is 5.95 Å². The number of hydrazine groups is 1. The van der Waals surface area contributed by atoms with Gasteiger partial charge in [0.05, 0.1) is 0 Å².